The van der Waals surface area contributed by atoms with Gasteiger partial charge in [0.2, 0.25) is 5.91 Å². The van der Waals surface area contributed by atoms with Crippen LogP contribution < -0.4 is 5.32 Å². The van der Waals surface area contributed by atoms with Crippen LogP contribution in [0, 0.1) is 11.3 Å². The summed E-state index contributed by atoms with van der Waals surface area (Å²) in [4.78, 5) is 16.8. The van der Waals surface area contributed by atoms with Crippen molar-refractivity contribution in [2.75, 3.05) is 18.5 Å². The van der Waals surface area contributed by atoms with Crippen LogP contribution in [-0.4, -0.2) is 24.1 Å². The number of nitrogens with one attached hydrogen (secondary N) is 1. The van der Waals surface area contributed by atoms with E-state index >= 15 is 0 Å². The molecule has 4 nitrogen and oxygen atoms in total. The molecule has 0 bridgehead atoms. The van der Waals surface area contributed by atoms with Crippen LogP contribution >= 0.6 is 11.3 Å². The zero-order valence-corrected chi connectivity index (χ0v) is 11.9. The summed E-state index contributed by atoms with van der Waals surface area (Å²) in [6.07, 6.45) is 3.04. The second-order valence-electron chi connectivity index (χ2n) is 5.71. The minimum atomic E-state index is 0.131. The van der Waals surface area contributed by atoms with E-state index in [1.807, 2.05) is 24.3 Å². The van der Waals surface area contributed by atoms with Crippen molar-refractivity contribution >= 4 is 32.6 Å². The first-order valence-corrected chi connectivity index (χ1v) is 7.83. The highest BCUT2D eigenvalue weighted by atomic mass is 32.1. The average Bonchev–Trinajstić information content (AvgIpc) is 2.99. The summed E-state index contributed by atoms with van der Waals surface area (Å²) in [6.45, 7) is 1.59. The van der Waals surface area contributed by atoms with Crippen molar-refractivity contribution in [2.24, 2.45) is 11.3 Å². The third kappa shape index (κ3) is 2.01. The minimum absolute atomic E-state index is 0.131. The highest BCUT2D eigenvalue weighted by Gasteiger charge is 2.58. The van der Waals surface area contributed by atoms with Crippen molar-refractivity contribution < 1.29 is 9.53 Å². The smallest absolute Gasteiger partial charge is 0.229 e. The van der Waals surface area contributed by atoms with Gasteiger partial charge in [0.15, 0.2) is 5.13 Å². The number of amides is 1. The SMILES string of the molecule is O=C(Nc1nc2ccccc2s1)C1CC12CCOCC2. The second kappa shape index (κ2) is 4.53. The fraction of sp³-hybridized carbons (Fsp3) is 0.467. The molecule has 1 aliphatic carbocycles. The Morgan fingerprint density at radius 1 is 1.35 bits per heavy atom. The third-order valence-electron chi connectivity index (χ3n) is 4.52. The number of ether oxygens (including phenoxy) is 1. The lowest BCUT2D eigenvalue weighted by Crippen LogP contribution is -2.24. The van der Waals surface area contributed by atoms with E-state index in [1.165, 1.54) is 11.3 Å². The highest BCUT2D eigenvalue weighted by molar-refractivity contribution is 7.22. The van der Waals surface area contributed by atoms with Gasteiger partial charge in [0.25, 0.3) is 0 Å². The number of para-hydroxylation sites is 1. The molecule has 2 fully saturated rings. The number of carbonyl (C=O) groups excluding carboxylic acids is 1. The van der Waals surface area contributed by atoms with Crippen molar-refractivity contribution in [1.29, 1.82) is 0 Å². The molecule has 4 rings (SSSR count). The molecule has 1 saturated carbocycles. The van der Waals surface area contributed by atoms with Gasteiger partial charge in [-0.15, -0.1) is 0 Å². The Morgan fingerprint density at radius 3 is 2.95 bits per heavy atom. The maximum Gasteiger partial charge on any atom is 0.229 e. The van der Waals surface area contributed by atoms with Gasteiger partial charge in [0.1, 0.15) is 0 Å². The summed E-state index contributed by atoms with van der Waals surface area (Å²) in [5, 5.41) is 3.71. The standard InChI is InChI=1S/C15H16N2O2S/c18-13(10-9-15(10)5-7-19-8-6-15)17-14-16-11-3-1-2-4-12(11)20-14/h1-4,10H,5-9H2,(H,16,17,18). The molecular formula is C15H16N2O2S. The summed E-state index contributed by atoms with van der Waals surface area (Å²) in [5.41, 5.74) is 1.17. The van der Waals surface area contributed by atoms with Crippen molar-refractivity contribution in [3.8, 4) is 0 Å². The fourth-order valence-electron chi connectivity index (χ4n) is 3.17. The van der Waals surface area contributed by atoms with E-state index in [1.54, 1.807) is 0 Å². The number of aromatic nitrogens is 1. The number of rotatable bonds is 2. The lowest BCUT2D eigenvalue weighted by atomic mass is 9.94. The molecule has 1 saturated heterocycles. The third-order valence-corrected chi connectivity index (χ3v) is 5.47. The molecule has 5 heteroatoms. The maximum atomic E-state index is 12.3. The number of nitrogens with zero attached hydrogens (tertiary/aromatic N) is 1. The van der Waals surface area contributed by atoms with E-state index in [0.717, 1.165) is 42.7 Å². The number of benzene rings is 1. The summed E-state index contributed by atoms with van der Waals surface area (Å²) >= 11 is 1.54. The van der Waals surface area contributed by atoms with Crippen molar-refractivity contribution in [3.63, 3.8) is 0 Å². The molecule has 0 radical (unpaired) electrons. The Bertz CT molecular complexity index is 628. The van der Waals surface area contributed by atoms with Gasteiger partial charge < -0.3 is 10.1 Å². The van der Waals surface area contributed by atoms with Crippen LogP contribution in [0.15, 0.2) is 24.3 Å². The second-order valence-corrected chi connectivity index (χ2v) is 6.74. The van der Waals surface area contributed by atoms with Gasteiger partial charge >= 0.3 is 0 Å². The number of anilines is 1. The summed E-state index contributed by atoms with van der Waals surface area (Å²) < 4.78 is 6.50. The minimum Gasteiger partial charge on any atom is -0.381 e. The molecule has 104 valence electrons. The van der Waals surface area contributed by atoms with Gasteiger partial charge in [0.05, 0.1) is 10.2 Å². The van der Waals surface area contributed by atoms with Gasteiger partial charge in [-0.2, -0.15) is 0 Å². The molecule has 2 heterocycles. The first kappa shape index (κ1) is 12.3. The number of fused-ring (bicyclic) bond motifs is 1. The first-order chi connectivity index (χ1) is 9.77. The lowest BCUT2D eigenvalue weighted by Gasteiger charge is -2.22. The normalized spacial score (nSPS) is 23.9. The molecule has 1 atom stereocenters. The monoisotopic (exact) mass is 288 g/mol. The van der Waals surface area contributed by atoms with Gasteiger partial charge in [-0.1, -0.05) is 23.5 Å². The number of carbonyl (C=O) groups is 1. The van der Waals surface area contributed by atoms with Crippen LogP contribution in [0.5, 0.6) is 0 Å². The molecule has 2 aromatic rings. The molecule has 1 aliphatic heterocycles. The summed E-state index contributed by atoms with van der Waals surface area (Å²) in [5.74, 6) is 0.282. The molecule has 1 aromatic carbocycles. The average molecular weight is 288 g/mol. The van der Waals surface area contributed by atoms with Crippen molar-refractivity contribution in [2.45, 2.75) is 19.3 Å². The fourth-order valence-corrected chi connectivity index (χ4v) is 4.04. The maximum absolute atomic E-state index is 12.3. The summed E-state index contributed by atoms with van der Waals surface area (Å²) in [6, 6.07) is 7.95. The lowest BCUT2D eigenvalue weighted by molar-refractivity contribution is -0.118. The quantitative estimate of drug-likeness (QED) is 0.924. The van der Waals surface area contributed by atoms with E-state index in [4.69, 9.17) is 4.74 Å². The molecular weight excluding hydrogens is 272 g/mol. The molecule has 2 aliphatic rings. The Labute approximate surface area is 121 Å². The van der Waals surface area contributed by atoms with Gasteiger partial charge in [-0.05, 0) is 36.8 Å². The molecule has 1 N–H and O–H groups in total. The topological polar surface area (TPSA) is 51.2 Å². The van der Waals surface area contributed by atoms with E-state index in [-0.39, 0.29) is 17.2 Å². The first-order valence-electron chi connectivity index (χ1n) is 7.01. The molecule has 20 heavy (non-hydrogen) atoms. The molecule has 1 unspecified atom stereocenters. The Kier molecular flexibility index (Phi) is 2.79. The predicted octanol–water partition coefficient (Wildman–Crippen LogP) is 3.05. The van der Waals surface area contributed by atoms with Crippen LogP contribution in [0.1, 0.15) is 19.3 Å². The van der Waals surface area contributed by atoms with Crippen molar-refractivity contribution in [3.05, 3.63) is 24.3 Å². The number of hydrogen-bond acceptors (Lipinski definition) is 4. The van der Waals surface area contributed by atoms with E-state index in [0.29, 0.717) is 5.13 Å². The highest BCUT2D eigenvalue weighted by Crippen LogP contribution is 2.59. The molecule has 1 aromatic heterocycles. The Morgan fingerprint density at radius 2 is 2.15 bits per heavy atom. The van der Waals surface area contributed by atoms with Gasteiger partial charge in [0, 0.05) is 19.1 Å². The predicted molar refractivity (Wildman–Crippen MR) is 78.8 cm³/mol. The molecule has 1 amide bonds. The Balaban J connectivity index is 1.48. The van der Waals surface area contributed by atoms with Crippen LogP contribution in [0.3, 0.4) is 0 Å². The number of hydrogen-bond donors (Lipinski definition) is 1. The van der Waals surface area contributed by atoms with Crippen LogP contribution in [0.2, 0.25) is 0 Å². The van der Waals surface area contributed by atoms with Crippen molar-refractivity contribution in [1.82, 2.24) is 4.98 Å². The number of thiazole rings is 1. The van der Waals surface area contributed by atoms with Gasteiger partial charge in [-0.25, -0.2) is 4.98 Å². The molecule has 1 spiro atoms. The zero-order valence-electron chi connectivity index (χ0n) is 11.1. The zero-order chi connectivity index (χ0) is 13.6. The van der Waals surface area contributed by atoms with Gasteiger partial charge in [-0.3, -0.25) is 4.79 Å². The largest absolute Gasteiger partial charge is 0.381 e. The Hall–Kier alpha value is -1.46. The van der Waals surface area contributed by atoms with E-state index in [9.17, 15) is 4.79 Å². The van der Waals surface area contributed by atoms with Crippen LogP contribution in [-0.2, 0) is 9.53 Å². The van der Waals surface area contributed by atoms with Crippen LogP contribution in [0.25, 0.3) is 10.2 Å². The van der Waals surface area contributed by atoms with E-state index < -0.39 is 0 Å². The summed E-state index contributed by atoms with van der Waals surface area (Å²) in [7, 11) is 0. The van der Waals surface area contributed by atoms with E-state index in [2.05, 4.69) is 10.3 Å². The van der Waals surface area contributed by atoms with Crippen LogP contribution in [0.4, 0.5) is 5.13 Å².